The van der Waals surface area contributed by atoms with Crippen LogP contribution in [0.5, 0.6) is 5.75 Å². The maximum absolute atomic E-state index is 12.2. The number of carbonyl (C=O) groups excluding carboxylic acids is 1. The molecule has 7 heteroatoms. The lowest BCUT2D eigenvalue weighted by Crippen LogP contribution is -2.30. The van der Waals surface area contributed by atoms with Gasteiger partial charge in [-0.1, -0.05) is 22.0 Å². The van der Waals surface area contributed by atoms with E-state index in [0.29, 0.717) is 10.9 Å². The number of hydrogen-bond donors (Lipinski definition) is 1. The minimum atomic E-state index is -0.631. The summed E-state index contributed by atoms with van der Waals surface area (Å²) in [6.07, 6.45) is 1.08. The Morgan fingerprint density at radius 2 is 2.00 bits per heavy atom. The van der Waals surface area contributed by atoms with Gasteiger partial charge in [0, 0.05) is 16.0 Å². The number of nitrogens with zero attached hydrogens (tertiary/aromatic N) is 2. The van der Waals surface area contributed by atoms with Crippen LogP contribution in [0.15, 0.2) is 58.5 Å². The summed E-state index contributed by atoms with van der Waals surface area (Å²) in [5.41, 5.74) is 1.51. The van der Waals surface area contributed by atoms with E-state index in [4.69, 9.17) is 4.74 Å². The fourth-order valence-corrected chi connectivity index (χ4v) is 2.91. The summed E-state index contributed by atoms with van der Waals surface area (Å²) in [6.45, 7) is 1.70. The lowest BCUT2D eigenvalue weighted by atomic mass is 10.3. The Morgan fingerprint density at radius 3 is 2.71 bits per heavy atom. The number of anilines is 1. The predicted molar refractivity (Wildman–Crippen MR) is 98.2 cm³/mol. The number of thiazole rings is 1. The van der Waals surface area contributed by atoms with E-state index < -0.39 is 6.10 Å². The van der Waals surface area contributed by atoms with Gasteiger partial charge in [0.05, 0.1) is 5.69 Å². The van der Waals surface area contributed by atoms with Crippen LogP contribution in [0.1, 0.15) is 6.92 Å². The number of pyridine rings is 1. The zero-order valence-electron chi connectivity index (χ0n) is 12.8. The molecule has 0 fully saturated rings. The van der Waals surface area contributed by atoms with Gasteiger partial charge in [-0.3, -0.25) is 15.1 Å². The lowest BCUT2D eigenvalue weighted by molar-refractivity contribution is -0.122. The van der Waals surface area contributed by atoms with E-state index in [1.54, 1.807) is 25.3 Å². The van der Waals surface area contributed by atoms with Gasteiger partial charge in [0.2, 0.25) is 0 Å². The smallest absolute Gasteiger partial charge is 0.266 e. The van der Waals surface area contributed by atoms with E-state index in [1.807, 2.05) is 35.7 Å². The molecule has 5 nitrogen and oxygen atoms in total. The van der Waals surface area contributed by atoms with Crippen molar-refractivity contribution in [2.75, 3.05) is 5.32 Å². The summed E-state index contributed by atoms with van der Waals surface area (Å²) in [7, 11) is 0. The molecule has 0 unspecified atom stereocenters. The first kappa shape index (κ1) is 16.6. The van der Waals surface area contributed by atoms with Crippen LogP contribution in [0.4, 0.5) is 5.13 Å². The molecular weight excluding hydrogens is 390 g/mol. The second kappa shape index (κ2) is 7.55. The summed E-state index contributed by atoms with van der Waals surface area (Å²) in [5.74, 6) is 0.383. The summed E-state index contributed by atoms with van der Waals surface area (Å²) in [5, 5.41) is 5.15. The number of nitrogens with one attached hydrogen (secondary N) is 1. The van der Waals surface area contributed by atoms with Crippen molar-refractivity contribution in [2.24, 2.45) is 0 Å². The van der Waals surface area contributed by atoms with Crippen LogP contribution in [0.25, 0.3) is 11.4 Å². The first-order valence-corrected chi connectivity index (χ1v) is 8.89. The number of halogens is 1. The molecule has 2 heterocycles. The minimum absolute atomic E-state index is 0.250. The summed E-state index contributed by atoms with van der Waals surface area (Å²) in [6, 6.07) is 12.9. The maximum Gasteiger partial charge on any atom is 0.266 e. The molecule has 0 bridgehead atoms. The van der Waals surface area contributed by atoms with Gasteiger partial charge in [-0.05, 0) is 43.3 Å². The number of carbonyl (C=O) groups is 1. The van der Waals surface area contributed by atoms with Crippen LogP contribution in [0.3, 0.4) is 0 Å². The molecule has 1 amide bonds. The Kier molecular flexibility index (Phi) is 5.22. The van der Waals surface area contributed by atoms with Crippen LogP contribution >= 0.6 is 27.3 Å². The van der Waals surface area contributed by atoms with Crippen molar-refractivity contribution in [2.45, 2.75) is 13.0 Å². The van der Waals surface area contributed by atoms with Crippen molar-refractivity contribution in [1.29, 1.82) is 0 Å². The van der Waals surface area contributed by atoms with Crippen LogP contribution in [0, 0.1) is 0 Å². The molecule has 3 rings (SSSR count). The molecule has 0 aliphatic carbocycles. The molecule has 0 saturated heterocycles. The van der Waals surface area contributed by atoms with Gasteiger partial charge < -0.3 is 4.74 Å². The molecule has 0 spiro atoms. The van der Waals surface area contributed by atoms with Crippen molar-refractivity contribution < 1.29 is 9.53 Å². The van der Waals surface area contributed by atoms with Gasteiger partial charge in [-0.25, -0.2) is 4.98 Å². The molecule has 1 N–H and O–H groups in total. The first-order chi connectivity index (χ1) is 11.6. The fraction of sp³-hybridized carbons (Fsp3) is 0.118. The van der Waals surface area contributed by atoms with Crippen LogP contribution < -0.4 is 10.1 Å². The predicted octanol–water partition coefficient (Wildman–Crippen LogP) is 4.37. The topological polar surface area (TPSA) is 64.1 Å². The molecule has 1 atom stereocenters. The molecule has 3 aromatic rings. The Bertz CT molecular complexity index is 821. The number of aromatic nitrogens is 2. The largest absolute Gasteiger partial charge is 0.481 e. The molecule has 24 heavy (non-hydrogen) atoms. The van der Waals surface area contributed by atoms with Crippen molar-refractivity contribution in [3.63, 3.8) is 0 Å². The van der Waals surface area contributed by atoms with Crippen molar-refractivity contribution >= 4 is 38.3 Å². The molecule has 1 aromatic carbocycles. The summed E-state index contributed by atoms with van der Waals surface area (Å²) in [4.78, 5) is 20.9. The Labute approximate surface area is 151 Å². The van der Waals surface area contributed by atoms with Crippen LogP contribution in [0.2, 0.25) is 0 Å². The zero-order valence-corrected chi connectivity index (χ0v) is 15.2. The van der Waals surface area contributed by atoms with E-state index >= 15 is 0 Å². The molecule has 0 radical (unpaired) electrons. The van der Waals surface area contributed by atoms with E-state index in [2.05, 4.69) is 31.2 Å². The van der Waals surface area contributed by atoms with Gasteiger partial charge in [-0.15, -0.1) is 11.3 Å². The van der Waals surface area contributed by atoms with Crippen LogP contribution in [-0.4, -0.2) is 22.0 Å². The average Bonchev–Trinajstić information content (AvgIpc) is 3.06. The first-order valence-electron chi connectivity index (χ1n) is 7.22. The maximum atomic E-state index is 12.2. The molecule has 0 aliphatic heterocycles. The van der Waals surface area contributed by atoms with E-state index in [-0.39, 0.29) is 5.91 Å². The van der Waals surface area contributed by atoms with E-state index in [0.717, 1.165) is 15.9 Å². The van der Waals surface area contributed by atoms with Crippen molar-refractivity contribution in [1.82, 2.24) is 9.97 Å². The fourth-order valence-electron chi connectivity index (χ4n) is 1.94. The number of amides is 1. The molecule has 2 aromatic heterocycles. The monoisotopic (exact) mass is 403 g/mol. The summed E-state index contributed by atoms with van der Waals surface area (Å²) < 4.78 is 6.58. The van der Waals surface area contributed by atoms with Gasteiger partial charge in [-0.2, -0.15) is 0 Å². The number of hydrogen-bond acceptors (Lipinski definition) is 5. The molecule has 0 aliphatic rings. The summed E-state index contributed by atoms with van der Waals surface area (Å²) >= 11 is 4.71. The SMILES string of the molecule is C[C@H](Oc1ccc(Br)cc1)C(=O)Nc1nc(-c2ccccn2)cs1. The number of rotatable bonds is 5. The minimum Gasteiger partial charge on any atom is -0.481 e. The normalized spacial score (nSPS) is 11.8. The highest BCUT2D eigenvalue weighted by Gasteiger charge is 2.16. The Morgan fingerprint density at radius 1 is 1.21 bits per heavy atom. The average molecular weight is 404 g/mol. The second-order valence-electron chi connectivity index (χ2n) is 4.96. The molecular formula is C17H14BrN3O2S. The Hall–Kier alpha value is -2.25. The second-order valence-corrected chi connectivity index (χ2v) is 6.73. The third-order valence-electron chi connectivity index (χ3n) is 3.16. The van der Waals surface area contributed by atoms with Crippen LogP contribution in [-0.2, 0) is 4.79 Å². The Balaban J connectivity index is 1.62. The van der Waals surface area contributed by atoms with Crippen molar-refractivity contribution in [3.8, 4) is 17.1 Å². The quantitative estimate of drug-likeness (QED) is 0.686. The zero-order chi connectivity index (χ0) is 16.9. The lowest BCUT2D eigenvalue weighted by Gasteiger charge is -2.13. The number of ether oxygens (including phenoxy) is 1. The van der Waals surface area contributed by atoms with Gasteiger partial charge in [0.25, 0.3) is 5.91 Å². The standard InChI is InChI=1S/C17H14BrN3O2S/c1-11(23-13-7-5-12(18)6-8-13)16(22)21-17-20-15(10-24-17)14-4-2-3-9-19-14/h2-11H,1H3,(H,20,21,22)/t11-/m0/s1. The van der Waals surface area contributed by atoms with E-state index in [9.17, 15) is 4.79 Å². The highest BCUT2D eigenvalue weighted by atomic mass is 79.9. The number of benzene rings is 1. The van der Waals surface area contributed by atoms with Gasteiger partial charge in [0.15, 0.2) is 11.2 Å². The third kappa shape index (κ3) is 4.18. The highest BCUT2D eigenvalue weighted by Crippen LogP contribution is 2.23. The third-order valence-corrected chi connectivity index (χ3v) is 4.44. The highest BCUT2D eigenvalue weighted by molar-refractivity contribution is 9.10. The van der Waals surface area contributed by atoms with Gasteiger partial charge >= 0.3 is 0 Å². The van der Waals surface area contributed by atoms with Gasteiger partial charge in [0.1, 0.15) is 11.4 Å². The molecule has 0 saturated carbocycles. The van der Waals surface area contributed by atoms with E-state index in [1.165, 1.54) is 11.3 Å². The van der Waals surface area contributed by atoms with Crippen molar-refractivity contribution in [3.05, 3.63) is 58.5 Å². The molecule has 122 valence electrons.